The molecule has 0 amide bonds. The van der Waals surface area contributed by atoms with E-state index in [-0.39, 0.29) is 0 Å². The summed E-state index contributed by atoms with van der Waals surface area (Å²) in [4.78, 5) is 0.301. The van der Waals surface area contributed by atoms with E-state index >= 15 is 0 Å². The second-order valence-corrected chi connectivity index (χ2v) is 7.98. The average Bonchev–Trinajstić information content (AvgIpc) is 3.10. The van der Waals surface area contributed by atoms with Gasteiger partial charge in [-0.2, -0.15) is 0 Å². The molecule has 0 radical (unpaired) electrons. The summed E-state index contributed by atoms with van der Waals surface area (Å²) < 4.78 is 32.8. The molecule has 0 unspecified atom stereocenters. The first-order valence-electron chi connectivity index (χ1n) is 8.22. The van der Waals surface area contributed by atoms with Crippen LogP contribution in [0, 0.1) is 0 Å². The standard InChI is InChI=1S/C18H23NO3S/c1-14(18-8-5-13-22-18)19-23(20,21)17-11-9-16(10-12-17)15-6-3-2-4-7-15/h5,8-15,19H,2-4,6-7H2,1H3/t14-/m1/s1. The topological polar surface area (TPSA) is 59.3 Å². The fraction of sp³-hybridized carbons (Fsp3) is 0.444. The molecule has 3 rings (SSSR count). The maximum absolute atomic E-state index is 12.5. The number of hydrogen-bond acceptors (Lipinski definition) is 3. The van der Waals surface area contributed by atoms with Crippen molar-refractivity contribution in [1.82, 2.24) is 4.72 Å². The molecule has 4 nitrogen and oxygen atoms in total. The lowest BCUT2D eigenvalue weighted by Crippen LogP contribution is -2.26. The van der Waals surface area contributed by atoms with E-state index in [4.69, 9.17) is 4.42 Å². The molecule has 1 aliphatic carbocycles. The lowest BCUT2D eigenvalue weighted by atomic mass is 9.84. The number of sulfonamides is 1. The minimum absolute atomic E-state index is 0.301. The predicted molar refractivity (Wildman–Crippen MR) is 89.7 cm³/mol. The first-order chi connectivity index (χ1) is 11.1. The Balaban J connectivity index is 1.72. The molecule has 2 aromatic rings. The lowest BCUT2D eigenvalue weighted by molar-refractivity contribution is 0.443. The molecule has 0 saturated heterocycles. The molecule has 124 valence electrons. The molecule has 5 heteroatoms. The van der Waals surface area contributed by atoms with Crippen molar-refractivity contribution in [2.24, 2.45) is 0 Å². The summed E-state index contributed by atoms with van der Waals surface area (Å²) in [6, 6.07) is 10.5. The number of hydrogen-bond donors (Lipinski definition) is 1. The highest BCUT2D eigenvalue weighted by molar-refractivity contribution is 7.89. The van der Waals surface area contributed by atoms with Crippen molar-refractivity contribution in [3.63, 3.8) is 0 Å². The number of furan rings is 1. The molecular weight excluding hydrogens is 310 g/mol. The fourth-order valence-electron chi connectivity index (χ4n) is 3.25. The quantitative estimate of drug-likeness (QED) is 0.884. The summed E-state index contributed by atoms with van der Waals surface area (Å²) in [5, 5.41) is 0. The van der Waals surface area contributed by atoms with Gasteiger partial charge in [0.1, 0.15) is 5.76 Å². The van der Waals surface area contributed by atoms with Gasteiger partial charge < -0.3 is 4.42 Å². The Bertz CT molecular complexity index is 714. The Morgan fingerprint density at radius 2 is 1.78 bits per heavy atom. The Morgan fingerprint density at radius 3 is 2.39 bits per heavy atom. The summed E-state index contributed by atoms with van der Waals surface area (Å²) in [6.07, 6.45) is 7.82. The van der Waals surface area contributed by atoms with Crippen molar-refractivity contribution in [2.45, 2.75) is 55.9 Å². The zero-order valence-electron chi connectivity index (χ0n) is 13.4. The average molecular weight is 333 g/mol. The van der Waals surface area contributed by atoms with Gasteiger partial charge >= 0.3 is 0 Å². The maximum Gasteiger partial charge on any atom is 0.241 e. The third kappa shape index (κ3) is 3.85. The smallest absolute Gasteiger partial charge is 0.241 e. The number of nitrogens with one attached hydrogen (secondary N) is 1. The first kappa shape index (κ1) is 16.3. The first-order valence-corrected chi connectivity index (χ1v) is 9.70. The Morgan fingerprint density at radius 1 is 1.09 bits per heavy atom. The van der Waals surface area contributed by atoms with E-state index in [1.54, 1.807) is 37.5 Å². The van der Waals surface area contributed by atoms with Crippen LogP contribution >= 0.6 is 0 Å². The van der Waals surface area contributed by atoms with Crippen LogP contribution in [0.3, 0.4) is 0 Å². The highest BCUT2D eigenvalue weighted by Gasteiger charge is 2.21. The summed E-state index contributed by atoms with van der Waals surface area (Å²) >= 11 is 0. The van der Waals surface area contributed by atoms with Crippen LogP contribution in [0.2, 0.25) is 0 Å². The van der Waals surface area contributed by atoms with Crippen molar-refractivity contribution in [2.75, 3.05) is 0 Å². The SMILES string of the molecule is C[C@@H](NS(=O)(=O)c1ccc(C2CCCCC2)cc1)c1ccco1. The number of rotatable bonds is 5. The van der Waals surface area contributed by atoms with Crippen molar-refractivity contribution in [3.05, 3.63) is 54.0 Å². The van der Waals surface area contributed by atoms with Crippen LogP contribution in [0.15, 0.2) is 52.0 Å². The molecular formula is C18H23NO3S. The summed E-state index contributed by atoms with van der Waals surface area (Å²) in [7, 11) is -3.54. The molecule has 0 spiro atoms. The van der Waals surface area contributed by atoms with Crippen molar-refractivity contribution in [1.29, 1.82) is 0 Å². The van der Waals surface area contributed by atoms with E-state index in [1.807, 2.05) is 12.1 Å². The Labute approximate surface area is 138 Å². The van der Waals surface area contributed by atoms with Crippen LogP contribution in [0.1, 0.15) is 62.3 Å². The van der Waals surface area contributed by atoms with E-state index in [2.05, 4.69) is 4.72 Å². The Kier molecular flexibility index (Phi) is 4.87. The largest absolute Gasteiger partial charge is 0.468 e. The van der Waals surface area contributed by atoms with Crippen LogP contribution < -0.4 is 4.72 Å². The van der Waals surface area contributed by atoms with Gasteiger partial charge in [-0.1, -0.05) is 31.4 Å². The van der Waals surface area contributed by atoms with Crippen molar-refractivity contribution >= 4 is 10.0 Å². The fourth-order valence-corrected chi connectivity index (χ4v) is 4.46. The molecule has 1 N–H and O–H groups in total. The summed E-state index contributed by atoms with van der Waals surface area (Å²) in [5.41, 5.74) is 1.25. The lowest BCUT2D eigenvalue weighted by Gasteiger charge is -2.22. The van der Waals surface area contributed by atoms with Gasteiger partial charge in [0.15, 0.2) is 0 Å². The van der Waals surface area contributed by atoms with Gasteiger partial charge in [-0.3, -0.25) is 0 Å². The van der Waals surface area contributed by atoms with Crippen LogP contribution in [-0.2, 0) is 10.0 Å². The second-order valence-electron chi connectivity index (χ2n) is 6.26. The van der Waals surface area contributed by atoms with Gasteiger partial charge in [0.25, 0.3) is 0 Å². The molecule has 1 aromatic carbocycles. The number of benzene rings is 1. The van der Waals surface area contributed by atoms with Gasteiger partial charge in [0, 0.05) is 0 Å². The highest BCUT2D eigenvalue weighted by Crippen LogP contribution is 2.33. The van der Waals surface area contributed by atoms with Gasteiger partial charge in [-0.15, -0.1) is 0 Å². The summed E-state index contributed by atoms with van der Waals surface area (Å²) in [6.45, 7) is 1.77. The van der Waals surface area contributed by atoms with Crippen LogP contribution in [-0.4, -0.2) is 8.42 Å². The monoisotopic (exact) mass is 333 g/mol. The van der Waals surface area contributed by atoms with E-state index in [0.717, 1.165) is 0 Å². The van der Waals surface area contributed by atoms with Crippen molar-refractivity contribution in [3.8, 4) is 0 Å². The zero-order chi connectivity index (χ0) is 16.3. The van der Waals surface area contributed by atoms with Crippen LogP contribution in [0.25, 0.3) is 0 Å². The van der Waals surface area contributed by atoms with Gasteiger partial charge in [-0.05, 0) is 55.5 Å². The molecule has 0 bridgehead atoms. The second kappa shape index (κ2) is 6.89. The van der Waals surface area contributed by atoms with E-state index in [1.165, 1.54) is 37.7 Å². The minimum atomic E-state index is -3.54. The zero-order valence-corrected chi connectivity index (χ0v) is 14.2. The predicted octanol–water partition coefficient (Wildman–Crippen LogP) is 4.37. The molecule has 0 aliphatic heterocycles. The third-order valence-corrected chi connectivity index (χ3v) is 6.13. The van der Waals surface area contributed by atoms with Gasteiger partial charge in [0.05, 0.1) is 17.2 Å². The highest BCUT2D eigenvalue weighted by atomic mass is 32.2. The molecule has 1 atom stereocenters. The molecule has 1 aromatic heterocycles. The van der Waals surface area contributed by atoms with Crippen LogP contribution in [0.5, 0.6) is 0 Å². The molecule has 1 heterocycles. The minimum Gasteiger partial charge on any atom is -0.468 e. The Hall–Kier alpha value is -1.59. The third-order valence-electron chi connectivity index (χ3n) is 4.57. The van der Waals surface area contributed by atoms with Gasteiger partial charge in [-0.25, -0.2) is 13.1 Å². The molecule has 1 aliphatic rings. The van der Waals surface area contributed by atoms with E-state index < -0.39 is 16.1 Å². The molecule has 1 saturated carbocycles. The molecule has 23 heavy (non-hydrogen) atoms. The van der Waals surface area contributed by atoms with Gasteiger partial charge in [0.2, 0.25) is 10.0 Å². The van der Waals surface area contributed by atoms with E-state index in [9.17, 15) is 8.42 Å². The molecule has 1 fully saturated rings. The normalized spacial score (nSPS) is 18.0. The summed E-state index contributed by atoms with van der Waals surface area (Å²) in [5.74, 6) is 1.18. The van der Waals surface area contributed by atoms with E-state index in [0.29, 0.717) is 16.6 Å². The van der Waals surface area contributed by atoms with Crippen molar-refractivity contribution < 1.29 is 12.8 Å². The van der Waals surface area contributed by atoms with Crippen LogP contribution in [0.4, 0.5) is 0 Å². The maximum atomic E-state index is 12.5.